The molecule has 0 saturated heterocycles. The molecule has 0 bridgehead atoms. The van der Waals surface area contributed by atoms with Crippen molar-refractivity contribution in [1.29, 1.82) is 0 Å². The highest BCUT2D eigenvalue weighted by Crippen LogP contribution is 2.22. The molecule has 0 aliphatic heterocycles. The molecule has 128 valence electrons. The maximum Gasteiger partial charge on any atom is 0.268 e. The van der Waals surface area contributed by atoms with Gasteiger partial charge >= 0.3 is 0 Å². The van der Waals surface area contributed by atoms with Gasteiger partial charge in [0.15, 0.2) is 0 Å². The Morgan fingerprint density at radius 1 is 1.22 bits per heavy atom. The van der Waals surface area contributed by atoms with Crippen LogP contribution in [-0.4, -0.2) is 16.9 Å². The first-order valence-corrected chi connectivity index (χ1v) is 8.43. The lowest BCUT2D eigenvalue weighted by Gasteiger charge is -2.08. The Hall–Kier alpha value is -1.75. The van der Waals surface area contributed by atoms with Gasteiger partial charge in [-0.1, -0.05) is 33.4 Å². The molecule has 0 N–H and O–H groups in total. The van der Waals surface area contributed by atoms with Crippen molar-refractivity contribution in [2.75, 3.05) is 7.11 Å². The Morgan fingerprint density at radius 3 is 2.30 bits per heavy atom. The smallest absolute Gasteiger partial charge is 0.268 e. The molecule has 0 aliphatic rings. The van der Waals surface area contributed by atoms with Crippen LogP contribution in [0.2, 0.25) is 0 Å². The third kappa shape index (κ3) is 6.48. The van der Waals surface area contributed by atoms with E-state index in [1.54, 1.807) is 31.1 Å². The van der Waals surface area contributed by atoms with Gasteiger partial charge in [0.1, 0.15) is 5.75 Å². The van der Waals surface area contributed by atoms with Gasteiger partial charge in [0.05, 0.1) is 19.3 Å². The van der Waals surface area contributed by atoms with E-state index >= 15 is 0 Å². The highest BCUT2D eigenvalue weighted by Gasteiger charge is 2.04. The van der Waals surface area contributed by atoms with Gasteiger partial charge in [-0.2, -0.15) is 5.10 Å². The molecule has 2 rings (SSSR count). The zero-order valence-electron chi connectivity index (χ0n) is 13.9. The standard InChI is InChI=1S/C15H18N2O2S.C2H6.CH4/c1-11(2)17-15(18)8-14(9-16-17)20-10-12-4-6-13(19-3)7-5-12;1-2;/h4-9,11H,10H2,1-3H3;1-2H3;1H4. The molecular weight excluding hydrogens is 308 g/mol. The number of benzene rings is 1. The lowest BCUT2D eigenvalue weighted by molar-refractivity contribution is 0.414. The fourth-order valence-corrected chi connectivity index (χ4v) is 2.59. The summed E-state index contributed by atoms with van der Waals surface area (Å²) in [5.41, 5.74) is 1.13. The van der Waals surface area contributed by atoms with Crippen LogP contribution in [0, 0.1) is 0 Å². The van der Waals surface area contributed by atoms with Crippen molar-refractivity contribution in [1.82, 2.24) is 9.78 Å². The molecule has 0 unspecified atom stereocenters. The van der Waals surface area contributed by atoms with Crippen molar-refractivity contribution < 1.29 is 4.74 Å². The monoisotopic (exact) mass is 336 g/mol. The first-order valence-electron chi connectivity index (χ1n) is 7.44. The van der Waals surface area contributed by atoms with Crippen molar-refractivity contribution in [2.24, 2.45) is 0 Å². The second-order valence-corrected chi connectivity index (χ2v) is 5.75. The Bertz CT molecular complexity index is 622. The third-order valence-corrected chi connectivity index (χ3v) is 3.89. The molecular formula is C18H28N2O2S. The average molecular weight is 337 g/mol. The van der Waals surface area contributed by atoms with Crippen LogP contribution in [0.1, 0.15) is 46.7 Å². The molecule has 0 atom stereocenters. The average Bonchev–Trinajstić information content (AvgIpc) is 2.55. The van der Waals surface area contributed by atoms with Crippen molar-refractivity contribution in [3.8, 4) is 5.75 Å². The van der Waals surface area contributed by atoms with E-state index in [4.69, 9.17) is 4.74 Å². The summed E-state index contributed by atoms with van der Waals surface area (Å²) in [4.78, 5) is 12.7. The Balaban J connectivity index is 0.00000155. The Kier molecular flexibility index (Phi) is 10.1. The number of nitrogens with zero attached hydrogens (tertiary/aromatic N) is 2. The maximum absolute atomic E-state index is 11.8. The molecule has 0 aliphatic carbocycles. The van der Waals surface area contributed by atoms with Crippen molar-refractivity contribution in [3.05, 3.63) is 52.4 Å². The number of hydrogen-bond acceptors (Lipinski definition) is 4. The Labute approximate surface area is 143 Å². The molecule has 1 aromatic carbocycles. The zero-order chi connectivity index (χ0) is 16.5. The number of rotatable bonds is 5. The van der Waals surface area contributed by atoms with E-state index < -0.39 is 0 Å². The first-order chi connectivity index (χ1) is 10.6. The van der Waals surface area contributed by atoms with E-state index in [1.807, 2.05) is 52.0 Å². The van der Waals surface area contributed by atoms with Crippen LogP contribution in [0.5, 0.6) is 5.75 Å². The first kappa shape index (κ1) is 21.2. The molecule has 1 aromatic heterocycles. The lowest BCUT2D eigenvalue weighted by atomic mass is 10.2. The zero-order valence-corrected chi connectivity index (χ0v) is 14.7. The number of thioether (sulfide) groups is 1. The van der Waals surface area contributed by atoms with Crippen molar-refractivity contribution in [3.63, 3.8) is 0 Å². The van der Waals surface area contributed by atoms with Crippen LogP contribution >= 0.6 is 11.8 Å². The van der Waals surface area contributed by atoms with Crippen LogP contribution in [-0.2, 0) is 5.75 Å². The normalized spacial score (nSPS) is 9.65. The summed E-state index contributed by atoms with van der Waals surface area (Å²) in [5.74, 6) is 1.65. The maximum atomic E-state index is 11.8. The van der Waals surface area contributed by atoms with E-state index in [2.05, 4.69) is 5.10 Å². The van der Waals surface area contributed by atoms with Gasteiger partial charge in [0.25, 0.3) is 5.56 Å². The fourth-order valence-electron chi connectivity index (χ4n) is 1.76. The summed E-state index contributed by atoms with van der Waals surface area (Å²) in [6.45, 7) is 7.89. The minimum absolute atomic E-state index is 0. The molecule has 4 nitrogen and oxygen atoms in total. The Morgan fingerprint density at radius 2 is 1.83 bits per heavy atom. The molecule has 2 aromatic rings. The summed E-state index contributed by atoms with van der Waals surface area (Å²) in [7, 11) is 1.65. The van der Waals surface area contributed by atoms with E-state index in [9.17, 15) is 4.79 Å². The molecule has 0 radical (unpaired) electrons. The van der Waals surface area contributed by atoms with E-state index in [-0.39, 0.29) is 19.0 Å². The van der Waals surface area contributed by atoms with E-state index in [1.165, 1.54) is 10.2 Å². The second kappa shape index (κ2) is 10.9. The molecule has 0 saturated carbocycles. The largest absolute Gasteiger partial charge is 0.497 e. The summed E-state index contributed by atoms with van der Waals surface area (Å²) >= 11 is 1.60. The number of ether oxygens (including phenoxy) is 1. The number of aromatic nitrogens is 2. The highest BCUT2D eigenvalue weighted by atomic mass is 32.2. The van der Waals surface area contributed by atoms with Gasteiger partial charge in [0, 0.05) is 16.7 Å². The quantitative estimate of drug-likeness (QED) is 0.737. The minimum atomic E-state index is -0.0558. The molecule has 0 fully saturated rings. The predicted octanol–water partition coefficient (Wildman–Crippen LogP) is 4.79. The minimum Gasteiger partial charge on any atom is -0.497 e. The molecule has 0 spiro atoms. The summed E-state index contributed by atoms with van der Waals surface area (Å²) in [6, 6.07) is 9.64. The van der Waals surface area contributed by atoms with Crippen LogP contribution in [0.4, 0.5) is 0 Å². The molecule has 5 heteroatoms. The molecule has 1 heterocycles. The van der Waals surface area contributed by atoms with Gasteiger partial charge in [-0.25, -0.2) is 4.68 Å². The predicted molar refractivity (Wildman–Crippen MR) is 99.5 cm³/mol. The van der Waals surface area contributed by atoms with Crippen LogP contribution in [0.25, 0.3) is 0 Å². The van der Waals surface area contributed by atoms with E-state index in [0.717, 1.165) is 16.4 Å². The van der Waals surface area contributed by atoms with Gasteiger partial charge in [-0.3, -0.25) is 4.79 Å². The van der Waals surface area contributed by atoms with Crippen molar-refractivity contribution >= 4 is 11.8 Å². The van der Waals surface area contributed by atoms with Gasteiger partial charge in [-0.15, -0.1) is 11.8 Å². The van der Waals surface area contributed by atoms with Crippen LogP contribution in [0.3, 0.4) is 0 Å². The highest BCUT2D eigenvalue weighted by molar-refractivity contribution is 7.98. The fraction of sp³-hybridized carbons (Fsp3) is 0.444. The summed E-state index contributed by atoms with van der Waals surface area (Å²) in [5, 5.41) is 4.18. The van der Waals surface area contributed by atoms with E-state index in [0.29, 0.717) is 0 Å². The van der Waals surface area contributed by atoms with Crippen LogP contribution in [0.15, 0.2) is 46.2 Å². The second-order valence-electron chi connectivity index (χ2n) is 4.70. The summed E-state index contributed by atoms with van der Waals surface area (Å²) in [6.07, 6.45) is 1.75. The molecule has 0 amide bonds. The van der Waals surface area contributed by atoms with Crippen molar-refractivity contribution in [2.45, 2.75) is 51.8 Å². The summed E-state index contributed by atoms with van der Waals surface area (Å²) < 4.78 is 6.61. The van der Waals surface area contributed by atoms with Crippen LogP contribution < -0.4 is 10.3 Å². The van der Waals surface area contributed by atoms with Gasteiger partial charge in [0.2, 0.25) is 0 Å². The van der Waals surface area contributed by atoms with Gasteiger partial charge in [-0.05, 0) is 31.5 Å². The lowest BCUT2D eigenvalue weighted by Crippen LogP contribution is -2.23. The van der Waals surface area contributed by atoms with Gasteiger partial charge < -0.3 is 4.74 Å². The third-order valence-electron chi connectivity index (χ3n) is 2.85. The topological polar surface area (TPSA) is 44.1 Å². The SMILES string of the molecule is C.CC.COc1ccc(CSc2cnn(C(C)C)c(=O)c2)cc1. The number of methoxy groups -OCH3 is 1. The molecule has 23 heavy (non-hydrogen) atoms. The number of hydrogen-bond donors (Lipinski definition) is 0.